The molecule has 0 atom stereocenters. The Morgan fingerprint density at radius 3 is 2.05 bits per heavy atom. The molecule has 1 heterocycles. The number of amides is 2. The van der Waals surface area contributed by atoms with E-state index in [0.717, 1.165) is 38.2 Å². The Morgan fingerprint density at radius 1 is 1.10 bits per heavy atom. The zero-order valence-electron chi connectivity index (χ0n) is 12.4. The van der Waals surface area contributed by atoms with E-state index in [2.05, 4.69) is 6.58 Å². The van der Waals surface area contributed by atoms with E-state index in [0.29, 0.717) is 25.8 Å². The summed E-state index contributed by atoms with van der Waals surface area (Å²) in [5.74, 6) is -0.997. The van der Waals surface area contributed by atoms with Gasteiger partial charge in [0.2, 0.25) is 11.8 Å². The van der Waals surface area contributed by atoms with Crippen LogP contribution in [-0.2, 0) is 14.4 Å². The van der Waals surface area contributed by atoms with Crippen molar-refractivity contribution in [1.82, 2.24) is 4.90 Å². The molecular weight excluding hydrogens is 274 g/mol. The lowest BCUT2D eigenvalue weighted by atomic mass is 10.1. The number of carbonyl (C=O) groups is 3. The fourth-order valence-corrected chi connectivity index (χ4v) is 1.96. The first-order valence-corrected chi connectivity index (χ1v) is 7.32. The Bertz CT molecular complexity index is 338. The first kappa shape index (κ1) is 19.3. The van der Waals surface area contributed by atoms with Gasteiger partial charge in [0.15, 0.2) is 0 Å². The van der Waals surface area contributed by atoms with Crippen LogP contribution in [0.1, 0.15) is 51.4 Å². The summed E-state index contributed by atoms with van der Waals surface area (Å²) in [6.45, 7) is 3.79. The number of imide groups is 1. The lowest BCUT2D eigenvalue weighted by Gasteiger charge is -2.24. The van der Waals surface area contributed by atoms with Gasteiger partial charge in [-0.15, -0.1) is 0 Å². The predicted octanol–water partition coefficient (Wildman–Crippen LogP) is 1.73. The van der Waals surface area contributed by atoms with Crippen molar-refractivity contribution in [3.63, 3.8) is 0 Å². The van der Waals surface area contributed by atoms with Crippen molar-refractivity contribution in [2.45, 2.75) is 51.4 Å². The first-order chi connectivity index (χ1) is 10.0. The molecule has 1 aliphatic heterocycles. The Kier molecular flexibility index (Phi) is 11.1. The van der Waals surface area contributed by atoms with E-state index in [9.17, 15) is 14.4 Å². The Hall–Kier alpha value is -1.69. The number of hydrogen-bond donors (Lipinski definition) is 2. The molecular formula is C15H25NO5. The maximum atomic E-state index is 11.4. The van der Waals surface area contributed by atoms with E-state index >= 15 is 0 Å². The average Bonchev–Trinajstić information content (AvgIpc) is 2.46. The molecule has 1 fully saturated rings. The largest absolute Gasteiger partial charge is 0.478 e. The molecule has 21 heavy (non-hydrogen) atoms. The van der Waals surface area contributed by atoms with Crippen LogP contribution in [0.3, 0.4) is 0 Å². The molecule has 0 aromatic rings. The summed E-state index contributed by atoms with van der Waals surface area (Å²) in [6.07, 6.45) is 7.45. The van der Waals surface area contributed by atoms with Crippen LogP contribution in [-0.4, -0.2) is 46.0 Å². The number of hydrogen-bond acceptors (Lipinski definition) is 4. The summed E-state index contributed by atoms with van der Waals surface area (Å²) >= 11 is 0. The molecule has 0 bridgehead atoms. The summed E-state index contributed by atoms with van der Waals surface area (Å²) in [4.78, 5) is 33.5. The minimum absolute atomic E-state index is 0.00777. The standard InChI is InChI=1S/C12H21NO3.C3H4O2/c14-10-5-3-1-2-4-9-13-11(15)7-6-8-12(13)16;1-2-3(4)5/h14H,1-10H2;2H,1H2,(H,4,5). The summed E-state index contributed by atoms with van der Waals surface area (Å²) in [5.41, 5.74) is 0. The number of aliphatic hydroxyl groups excluding tert-OH is 1. The van der Waals surface area contributed by atoms with Crippen LogP contribution in [0.5, 0.6) is 0 Å². The van der Waals surface area contributed by atoms with Crippen molar-refractivity contribution in [3.05, 3.63) is 12.7 Å². The lowest BCUT2D eigenvalue weighted by Crippen LogP contribution is -2.40. The van der Waals surface area contributed by atoms with Crippen molar-refractivity contribution >= 4 is 17.8 Å². The molecule has 6 nitrogen and oxygen atoms in total. The van der Waals surface area contributed by atoms with E-state index in [1.807, 2.05) is 0 Å². The van der Waals surface area contributed by atoms with Crippen LogP contribution < -0.4 is 0 Å². The maximum absolute atomic E-state index is 11.4. The molecule has 0 aliphatic carbocycles. The number of aliphatic hydroxyl groups is 1. The third-order valence-corrected chi connectivity index (χ3v) is 3.10. The number of carboxylic acids is 1. The van der Waals surface area contributed by atoms with Crippen molar-refractivity contribution < 1.29 is 24.6 Å². The number of carboxylic acid groups (broad SMARTS) is 1. The highest BCUT2D eigenvalue weighted by Gasteiger charge is 2.24. The second-order valence-electron chi connectivity index (χ2n) is 4.83. The van der Waals surface area contributed by atoms with Gasteiger partial charge >= 0.3 is 5.97 Å². The zero-order valence-corrected chi connectivity index (χ0v) is 12.4. The predicted molar refractivity (Wildman–Crippen MR) is 78.6 cm³/mol. The number of likely N-dealkylation sites (tertiary alicyclic amines) is 1. The average molecular weight is 299 g/mol. The number of aliphatic carboxylic acids is 1. The highest BCUT2D eigenvalue weighted by Crippen LogP contribution is 2.13. The summed E-state index contributed by atoms with van der Waals surface area (Å²) < 4.78 is 0. The van der Waals surface area contributed by atoms with E-state index < -0.39 is 5.97 Å². The zero-order chi connectivity index (χ0) is 16.1. The fraction of sp³-hybridized carbons (Fsp3) is 0.667. The summed E-state index contributed by atoms with van der Waals surface area (Å²) in [7, 11) is 0. The van der Waals surface area contributed by atoms with Gasteiger partial charge in [-0.05, 0) is 19.3 Å². The van der Waals surface area contributed by atoms with Gasteiger partial charge in [-0.2, -0.15) is 0 Å². The molecule has 1 rings (SSSR count). The van der Waals surface area contributed by atoms with Crippen molar-refractivity contribution in [2.24, 2.45) is 0 Å². The van der Waals surface area contributed by atoms with Gasteiger partial charge in [-0.3, -0.25) is 14.5 Å². The monoisotopic (exact) mass is 299 g/mol. The van der Waals surface area contributed by atoms with Crippen LogP contribution in [0.4, 0.5) is 0 Å². The van der Waals surface area contributed by atoms with Gasteiger partial charge in [0.1, 0.15) is 0 Å². The number of piperidine rings is 1. The van der Waals surface area contributed by atoms with Crippen LogP contribution in [0.2, 0.25) is 0 Å². The van der Waals surface area contributed by atoms with Crippen LogP contribution >= 0.6 is 0 Å². The summed E-state index contributed by atoms with van der Waals surface area (Å²) in [5, 5.41) is 16.2. The molecule has 0 unspecified atom stereocenters. The summed E-state index contributed by atoms with van der Waals surface area (Å²) in [6, 6.07) is 0. The highest BCUT2D eigenvalue weighted by molar-refractivity contribution is 5.97. The third kappa shape index (κ3) is 9.79. The van der Waals surface area contributed by atoms with Gasteiger partial charge in [0.25, 0.3) is 0 Å². The molecule has 2 N–H and O–H groups in total. The minimum Gasteiger partial charge on any atom is -0.478 e. The van der Waals surface area contributed by atoms with Crippen molar-refractivity contribution in [1.29, 1.82) is 0 Å². The molecule has 120 valence electrons. The minimum atomic E-state index is -0.981. The van der Waals surface area contributed by atoms with Gasteiger partial charge in [0.05, 0.1) is 0 Å². The number of unbranched alkanes of at least 4 members (excludes halogenated alkanes) is 4. The SMILES string of the molecule is C=CC(=O)O.O=C1CCCC(=O)N1CCCCCCCO. The second-order valence-corrected chi connectivity index (χ2v) is 4.83. The smallest absolute Gasteiger partial charge is 0.327 e. The van der Waals surface area contributed by atoms with Gasteiger partial charge in [-0.1, -0.05) is 25.8 Å². The maximum Gasteiger partial charge on any atom is 0.327 e. The quantitative estimate of drug-likeness (QED) is 0.404. The van der Waals surface area contributed by atoms with E-state index in [1.54, 1.807) is 0 Å². The normalized spacial score (nSPS) is 14.4. The van der Waals surface area contributed by atoms with E-state index in [1.165, 1.54) is 4.90 Å². The van der Waals surface area contributed by atoms with Crippen molar-refractivity contribution in [2.75, 3.05) is 13.2 Å². The molecule has 0 spiro atoms. The number of nitrogens with zero attached hydrogens (tertiary/aromatic N) is 1. The molecule has 1 aliphatic rings. The van der Waals surface area contributed by atoms with Crippen LogP contribution in [0, 0.1) is 0 Å². The van der Waals surface area contributed by atoms with Crippen LogP contribution in [0.15, 0.2) is 12.7 Å². The second kappa shape index (κ2) is 12.1. The molecule has 2 amide bonds. The topological polar surface area (TPSA) is 94.9 Å². The Morgan fingerprint density at radius 2 is 1.57 bits per heavy atom. The van der Waals surface area contributed by atoms with Crippen LogP contribution in [0.25, 0.3) is 0 Å². The third-order valence-electron chi connectivity index (χ3n) is 3.10. The Labute approximate surface area is 125 Å². The number of rotatable bonds is 8. The number of carbonyl (C=O) groups excluding carboxylic acids is 2. The highest BCUT2D eigenvalue weighted by atomic mass is 16.4. The fourth-order valence-electron chi connectivity index (χ4n) is 1.96. The molecule has 0 saturated carbocycles. The first-order valence-electron chi connectivity index (χ1n) is 7.32. The molecule has 0 aromatic heterocycles. The molecule has 0 aromatic carbocycles. The van der Waals surface area contributed by atoms with E-state index in [4.69, 9.17) is 10.2 Å². The van der Waals surface area contributed by atoms with Gasteiger partial charge in [-0.25, -0.2) is 4.79 Å². The van der Waals surface area contributed by atoms with Crippen molar-refractivity contribution in [3.8, 4) is 0 Å². The molecule has 6 heteroatoms. The van der Waals surface area contributed by atoms with Gasteiger partial charge < -0.3 is 10.2 Å². The lowest BCUT2D eigenvalue weighted by molar-refractivity contribution is -0.148. The van der Waals surface area contributed by atoms with E-state index in [-0.39, 0.29) is 18.4 Å². The van der Waals surface area contributed by atoms with Gasteiger partial charge in [0, 0.05) is 32.1 Å². The molecule has 1 saturated heterocycles. The Balaban J connectivity index is 0.000000690. The molecule has 0 radical (unpaired) electrons.